The normalized spacial score (nSPS) is 11.1. The molecule has 0 aliphatic carbocycles. The Morgan fingerprint density at radius 1 is 0.517 bits per heavy atom. The van der Waals surface area contributed by atoms with E-state index >= 15 is 0 Å². The molecular weight excluding hydrogens is 1130 g/mol. The Morgan fingerprint density at radius 2 is 0.954 bits per heavy atom. The van der Waals surface area contributed by atoms with Crippen LogP contribution in [0.5, 0.6) is 11.5 Å². The van der Waals surface area contributed by atoms with Crippen molar-refractivity contribution in [1.29, 1.82) is 0 Å². The first kappa shape index (κ1) is 58.2. The summed E-state index contributed by atoms with van der Waals surface area (Å²) < 4.78 is 20.4. The van der Waals surface area contributed by atoms with E-state index in [1.165, 1.54) is 60.7 Å². The van der Waals surface area contributed by atoms with Crippen molar-refractivity contribution in [2.75, 3.05) is 44.0 Å². The number of carboxylic acid groups (broad SMARTS) is 1. The fourth-order valence-electron chi connectivity index (χ4n) is 9.86. The van der Waals surface area contributed by atoms with Gasteiger partial charge in [-0.05, 0) is 98.8 Å². The zero-order valence-electron chi connectivity index (χ0n) is 46.3. The van der Waals surface area contributed by atoms with Crippen molar-refractivity contribution in [3.8, 4) is 11.5 Å². The molecule has 4 amide bonds. The second-order valence-corrected chi connectivity index (χ2v) is 19.6. The van der Waals surface area contributed by atoms with Gasteiger partial charge in [-0.1, -0.05) is 36.4 Å². The van der Waals surface area contributed by atoms with Gasteiger partial charge in [0.05, 0.1) is 51.1 Å². The highest BCUT2D eigenvalue weighted by Crippen LogP contribution is 2.33. The van der Waals surface area contributed by atoms with Crippen molar-refractivity contribution in [3.05, 3.63) is 220 Å². The highest BCUT2D eigenvalue weighted by Gasteiger charge is 2.27. The first-order valence-electron chi connectivity index (χ1n) is 26.5. The van der Waals surface area contributed by atoms with Gasteiger partial charge < -0.3 is 59.4 Å². The van der Waals surface area contributed by atoms with E-state index in [9.17, 15) is 57.5 Å². The van der Waals surface area contributed by atoms with Gasteiger partial charge in [0.15, 0.2) is 24.8 Å². The molecule has 440 valence electrons. The minimum Gasteiger partial charge on any atom is -0.484 e. The van der Waals surface area contributed by atoms with Crippen molar-refractivity contribution in [2.24, 2.45) is 0 Å². The highest BCUT2D eigenvalue weighted by molar-refractivity contribution is 6.18. The number of ether oxygens (including phenoxy) is 3. The van der Waals surface area contributed by atoms with E-state index < -0.39 is 95.9 Å². The number of nitrogens with zero attached hydrogens (tertiary/aromatic N) is 4. The van der Waals surface area contributed by atoms with Gasteiger partial charge >= 0.3 is 23.3 Å². The Labute approximate surface area is 488 Å². The molecule has 26 nitrogen and oxygen atoms in total. The average Bonchev–Trinajstić information content (AvgIpc) is 1.83. The number of aliphatic carboxylic acids is 1. The molecule has 26 heteroatoms. The summed E-state index contributed by atoms with van der Waals surface area (Å²) in [7, 11) is 1.13. The number of carbonyl (C=O) groups excluding carboxylic acids is 7. The lowest BCUT2D eigenvalue weighted by Gasteiger charge is -2.11. The van der Waals surface area contributed by atoms with Crippen LogP contribution in [-0.2, 0) is 37.0 Å². The third kappa shape index (κ3) is 12.0. The van der Waals surface area contributed by atoms with Crippen molar-refractivity contribution in [1.82, 2.24) is 38.5 Å². The molecule has 0 aliphatic rings. The molecule has 10 aromatic rings. The topological polar surface area (TPSA) is 351 Å². The first-order chi connectivity index (χ1) is 41.8. The van der Waals surface area contributed by atoms with E-state index in [0.29, 0.717) is 31.3 Å². The van der Waals surface area contributed by atoms with Crippen LogP contribution < -0.4 is 53.2 Å². The molecule has 7 N–H and O–H groups in total. The maximum Gasteiger partial charge on any atom is 0.329 e. The quantitative estimate of drug-likeness (QED) is 0.0306. The number of pyridine rings is 2. The molecule has 0 aliphatic heterocycles. The Balaban J connectivity index is 0.701. The summed E-state index contributed by atoms with van der Waals surface area (Å²) in [6.45, 7) is 1.02. The minimum absolute atomic E-state index is 0.00214. The number of H-pyrrole nitrogens is 2. The van der Waals surface area contributed by atoms with E-state index in [4.69, 9.17) is 14.6 Å². The zero-order chi connectivity index (χ0) is 61.8. The number of hydrogen-bond donors (Lipinski definition) is 7. The third-order valence-corrected chi connectivity index (χ3v) is 14.1. The smallest absolute Gasteiger partial charge is 0.329 e. The molecule has 0 saturated carbocycles. The van der Waals surface area contributed by atoms with E-state index in [1.54, 1.807) is 95.7 Å². The zero-order valence-corrected chi connectivity index (χ0v) is 46.3. The summed E-state index contributed by atoms with van der Waals surface area (Å²) in [4.78, 5) is 161. The van der Waals surface area contributed by atoms with Crippen LogP contribution in [-0.4, -0.2) is 114 Å². The lowest BCUT2D eigenvalue weighted by atomic mass is 9.99. The van der Waals surface area contributed by atoms with Gasteiger partial charge in [-0.2, -0.15) is 0 Å². The molecule has 6 aromatic heterocycles. The molecule has 87 heavy (non-hydrogen) atoms. The van der Waals surface area contributed by atoms with Crippen LogP contribution in [0, 0.1) is 13.8 Å². The molecule has 4 aromatic carbocycles. The van der Waals surface area contributed by atoms with Crippen molar-refractivity contribution in [2.45, 2.75) is 26.9 Å². The summed E-state index contributed by atoms with van der Waals surface area (Å²) in [5, 5.41) is 20.2. The largest absolute Gasteiger partial charge is 0.484 e. The number of aromatic nitrogens is 6. The fourth-order valence-corrected chi connectivity index (χ4v) is 9.86. The predicted molar refractivity (Wildman–Crippen MR) is 314 cm³/mol. The number of fused-ring (bicyclic) bond motifs is 4. The molecule has 0 saturated heterocycles. The number of anilines is 2. The van der Waals surface area contributed by atoms with Crippen LogP contribution in [0.4, 0.5) is 11.6 Å². The molecule has 6 heterocycles. The molecule has 0 fully saturated rings. The van der Waals surface area contributed by atoms with E-state index in [1.807, 2.05) is 0 Å². The standard InChI is InChI=1S/C61H50N10O16/c1-32-50(52(77)34-16-18-40-42(26-34)64-60(83)70(58(40)81)28-48(74)75)44-14-4-6-22-68(44)54(32)66-56(79)36-10-8-12-38(24-36)86-30-46(72)62-20-21-63-47(73)31-87-39-13-9-11-37(25-39)57(80)67-55-33(2)51(45-15-5-7-23-69(45)55)53(78)35-17-19-41-43(27-35)65-61(84)71(59(41)82)29-49(76)85-3/h4-19,22-27H,20-21,28-31H2,1-3H3,(H,62,72)(H,63,73)(H,64,83)(H,65,84)(H,66,79)(H,67,80)(H,74,75). The number of esters is 1. The number of nitrogens with one attached hydrogen (secondary N) is 6. The molecule has 0 atom stereocenters. The SMILES string of the molecule is COC(=O)Cn1c(=O)[nH]c2cc(C(=O)c3c(C)c(NC(=O)c4cccc(OCC(=O)NCCNC(=O)COc5cccc(C(=O)Nc6c(C)c(C(=O)c7ccc8c(=O)n(CC(=O)O)c(=O)[nH]c8c7)c7ccccn67)c5)c4)n4ccccc34)ccc2c1=O. The van der Waals surface area contributed by atoms with E-state index in [-0.39, 0.29) is 91.4 Å². The molecule has 0 bridgehead atoms. The van der Waals surface area contributed by atoms with Crippen LogP contribution in [0.3, 0.4) is 0 Å². The number of carbonyl (C=O) groups is 8. The number of methoxy groups -OCH3 is 1. The molecule has 0 spiro atoms. The number of amides is 4. The van der Waals surface area contributed by atoms with Gasteiger partial charge in [0, 0.05) is 58.9 Å². The summed E-state index contributed by atoms with van der Waals surface area (Å²) in [6, 6.07) is 30.6. The van der Waals surface area contributed by atoms with Crippen LogP contribution in [0.15, 0.2) is 153 Å². The van der Waals surface area contributed by atoms with Crippen LogP contribution in [0.25, 0.3) is 32.8 Å². The van der Waals surface area contributed by atoms with Crippen molar-refractivity contribution >= 4 is 91.6 Å². The number of carboxylic acids is 1. The van der Waals surface area contributed by atoms with Crippen LogP contribution >= 0.6 is 0 Å². The third-order valence-electron chi connectivity index (χ3n) is 14.1. The number of hydrogen-bond acceptors (Lipinski definition) is 15. The maximum absolute atomic E-state index is 14.2. The number of benzene rings is 4. The number of rotatable bonds is 21. The minimum atomic E-state index is -1.38. The van der Waals surface area contributed by atoms with Crippen molar-refractivity contribution < 1.29 is 57.7 Å². The van der Waals surface area contributed by atoms with Crippen molar-refractivity contribution in [3.63, 3.8) is 0 Å². The lowest BCUT2D eigenvalue weighted by molar-refractivity contribution is -0.141. The monoisotopic (exact) mass is 1180 g/mol. The number of aromatic amines is 2. The van der Waals surface area contributed by atoms with Crippen LogP contribution in [0.1, 0.15) is 63.7 Å². The molecule has 0 radical (unpaired) electrons. The number of ketones is 2. The second kappa shape index (κ2) is 24.5. The summed E-state index contributed by atoms with van der Waals surface area (Å²) in [5.41, 5.74) is -0.550. The Kier molecular flexibility index (Phi) is 16.4. The van der Waals surface area contributed by atoms with Crippen LogP contribution in [0.2, 0.25) is 0 Å². The van der Waals surface area contributed by atoms with E-state index in [0.717, 1.165) is 7.11 Å². The van der Waals surface area contributed by atoms with Gasteiger partial charge in [0.1, 0.15) is 36.2 Å². The predicted octanol–water partition coefficient (Wildman–Crippen LogP) is 3.73. The second-order valence-electron chi connectivity index (χ2n) is 19.6. The molecule has 0 unspecified atom stereocenters. The van der Waals surface area contributed by atoms with Gasteiger partial charge in [-0.15, -0.1) is 0 Å². The molecule has 10 rings (SSSR count). The van der Waals surface area contributed by atoms with Gasteiger partial charge in [-0.3, -0.25) is 47.9 Å². The fraction of sp³-hybridized carbons (Fsp3) is 0.148. The summed E-state index contributed by atoms with van der Waals surface area (Å²) in [5.74, 6) is -4.39. The Bertz CT molecular complexity index is 4790. The highest BCUT2D eigenvalue weighted by atomic mass is 16.5. The Morgan fingerprint density at radius 3 is 1.38 bits per heavy atom. The lowest BCUT2D eigenvalue weighted by Crippen LogP contribution is -2.38. The summed E-state index contributed by atoms with van der Waals surface area (Å²) >= 11 is 0. The van der Waals surface area contributed by atoms with Gasteiger partial charge in [0.2, 0.25) is 0 Å². The van der Waals surface area contributed by atoms with Gasteiger partial charge in [0.25, 0.3) is 34.7 Å². The van der Waals surface area contributed by atoms with Gasteiger partial charge in [-0.25, -0.2) is 18.7 Å². The maximum atomic E-state index is 14.2. The summed E-state index contributed by atoms with van der Waals surface area (Å²) in [6.07, 6.45) is 3.32. The average molecular weight is 1180 g/mol. The van der Waals surface area contributed by atoms with E-state index in [2.05, 4.69) is 36.0 Å². The Hall–Kier alpha value is -12.0. The first-order valence-corrected chi connectivity index (χ1v) is 26.5. The molecular formula is C61H50N10O16.